The van der Waals surface area contributed by atoms with Gasteiger partial charge in [-0.15, -0.1) is 0 Å². The van der Waals surface area contributed by atoms with Crippen molar-refractivity contribution in [2.75, 3.05) is 39.2 Å². The van der Waals surface area contributed by atoms with Crippen molar-refractivity contribution in [2.24, 2.45) is 5.92 Å². The van der Waals surface area contributed by atoms with Gasteiger partial charge in [-0.05, 0) is 92.9 Å². The molecular weight excluding hydrogens is 534 g/mol. The van der Waals surface area contributed by atoms with Crippen LogP contribution in [-0.2, 0) is 10.3 Å². The third kappa shape index (κ3) is 6.93. The molecule has 1 heterocycles. The van der Waals surface area contributed by atoms with Crippen molar-refractivity contribution >= 4 is 41.1 Å². The molecule has 1 saturated carbocycles. The molecule has 202 valence electrons. The maximum atomic E-state index is 14.8. The van der Waals surface area contributed by atoms with E-state index in [9.17, 15) is 9.18 Å². The highest BCUT2D eigenvalue weighted by Crippen LogP contribution is 2.45. The molecule has 0 unspecified atom stereocenters. The Kier molecular flexibility index (Phi) is 9.68. The van der Waals surface area contributed by atoms with Gasteiger partial charge in [0.1, 0.15) is 11.6 Å². The zero-order valence-corrected chi connectivity index (χ0v) is 23.9. The summed E-state index contributed by atoms with van der Waals surface area (Å²) >= 11 is 13.9. The summed E-state index contributed by atoms with van der Waals surface area (Å²) in [4.78, 5) is 14.8. The van der Waals surface area contributed by atoms with Gasteiger partial charge in [0, 0.05) is 29.0 Å². The fourth-order valence-electron chi connectivity index (χ4n) is 5.08. The zero-order valence-electron chi connectivity index (χ0n) is 21.6. The van der Waals surface area contributed by atoms with Crippen molar-refractivity contribution in [1.82, 2.24) is 9.62 Å². The van der Waals surface area contributed by atoms with Crippen LogP contribution in [0.25, 0.3) is 0 Å². The number of nitrogens with zero attached hydrogens (tertiary/aromatic N) is 1. The van der Waals surface area contributed by atoms with Crippen LogP contribution in [0, 0.1) is 11.7 Å². The molecule has 1 aliphatic heterocycles. The summed E-state index contributed by atoms with van der Waals surface area (Å²) in [5, 5.41) is 1.22. The van der Waals surface area contributed by atoms with Crippen LogP contribution in [-0.4, -0.2) is 50.0 Å². The van der Waals surface area contributed by atoms with Crippen molar-refractivity contribution < 1.29 is 18.7 Å². The largest absolute Gasteiger partial charge is 0.493 e. The number of rotatable bonds is 11. The molecule has 2 aliphatic rings. The maximum absolute atomic E-state index is 14.8. The average molecular weight is 570 g/mol. The molecule has 1 saturated heterocycles. The molecule has 2 fully saturated rings. The lowest BCUT2D eigenvalue weighted by Gasteiger charge is -2.45. The number of carbonyl (C=O) groups excluding carboxylic acids is 1. The number of carbonyl (C=O) groups is 1. The fourth-order valence-corrected chi connectivity index (χ4v) is 5.99. The van der Waals surface area contributed by atoms with Crippen LogP contribution in [0.5, 0.6) is 5.75 Å². The highest BCUT2D eigenvalue weighted by molar-refractivity contribution is 7.97. The Morgan fingerprint density at radius 1 is 1.14 bits per heavy atom. The van der Waals surface area contributed by atoms with Crippen LogP contribution in [0.1, 0.15) is 66.9 Å². The maximum Gasteiger partial charge on any atom is 0.264 e. The molecule has 0 aromatic heterocycles. The van der Waals surface area contributed by atoms with E-state index in [1.165, 1.54) is 18.0 Å². The Morgan fingerprint density at radius 3 is 2.41 bits per heavy atom. The summed E-state index contributed by atoms with van der Waals surface area (Å²) in [5.74, 6) is 1.04. The van der Waals surface area contributed by atoms with Gasteiger partial charge in [0.2, 0.25) is 0 Å². The molecular formula is C28H35Cl2FN2O3S. The van der Waals surface area contributed by atoms with E-state index in [1.54, 1.807) is 19.2 Å². The van der Waals surface area contributed by atoms with E-state index in [0.29, 0.717) is 40.8 Å². The summed E-state index contributed by atoms with van der Waals surface area (Å²) in [6.45, 7) is 6.88. The summed E-state index contributed by atoms with van der Waals surface area (Å²) in [6.07, 6.45) is 3.97. The van der Waals surface area contributed by atoms with Gasteiger partial charge in [0.15, 0.2) is 0 Å². The van der Waals surface area contributed by atoms with Crippen molar-refractivity contribution in [3.8, 4) is 5.75 Å². The first-order chi connectivity index (χ1) is 17.7. The van der Waals surface area contributed by atoms with E-state index in [2.05, 4.69) is 16.5 Å². The highest BCUT2D eigenvalue weighted by Gasteiger charge is 2.37. The summed E-state index contributed by atoms with van der Waals surface area (Å²) in [7, 11) is 1.71. The molecule has 0 radical (unpaired) electrons. The minimum atomic E-state index is -0.543. The van der Waals surface area contributed by atoms with Gasteiger partial charge in [-0.2, -0.15) is 0 Å². The number of methoxy groups -OCH3 is 1. The van der Waals surface area contributed by atoms with Gasteiger partial charge in [-0.25, -0.2) is 4.39 Å². The van der Waals surface area contributed by atoms with Crippen molar-refractivity contribution in [3.05, 3.63) is 62.9 Å². The normalized spacial score (nSPS) is 18.4. The van der Waals surface area contributed by atoms with Gasteiger partial charge in [-0.3, -0.25) is 14.4 Å². The monoisotopic (exact) mass is 568 g/mol. The minimum Gasteiger partial charge on any atom is -0.493 e. The summed E-state index contributed by atoms with van der Waals surface area (Å²) in [5.41, 5.74) is 1.70. The van der Waals surface area contributed by atoms with E-state index in [0.717, 1.165) is 55.7 Å². The number of benzene rings is 2. The Hall–Kier alpha value is -1.51. The van der Waals surface area contributed by atoms with E-state index in [-0.39, 0.29) is 11.1 Å². The van der Waals surface area contributed by atoms with Crippen LogP contribution in [0.4, 0.5) is 4.39 Å². The molecule has 2 aromatic carbocycles. The van der Waals surface area contributed by atoms with E-state index >= 15 is 0 Å². The lowest BCUT2D eigenvalue weighted by Crippen LogP contribution is -2.51. The molecule has 0 bridgehead atoms. The Balaban J connectivity index is 1.41. The van der Waals surface area contributed by atoms with Crippen molar-refractivity contribution in [2.45, 2.75) is 51.0 Å². The molecule has 4 rings (SSSR count). The molecule has 9 heteroatoms. The fraction of sp³-hybridized carbons (Fsp3) is 0.536. The predicted octanol–water partition coefficient (Wildman–Crippen LogP) is 7.06. The second kappa shape index (κ2) is 12.6. The quantitative estimate of drug-likeness (QED) is 0.294. The van der Waals surface area contributed by atoms with E-state index in [4.69, 9.17) is 32.7 Å². The summed E-state index contributed by atoms with van der Waals surface area (Å²) < 4.78 is 29.3. The van der Waals surface area contributed by atoms with Gasteiger partial charge < -0.3 is 9.47 Å². The molecule has 0 spiro atoms. The molecule has 1 atom stereocenters. The third-order valence-corrected chi connectivity index (χ3v) is 8.42. The average Bonchev–Trinajstić information content (AvgIpc) is 3.71. The molecule has 1 aliphatic carbocycles. The second-order valence-corrected chi connectivity index (χ2v) is 12.1. The van der Waals surface area contributed by atoms with Crippen molar-refractivity contribution in [3.63, 3.8) is 0 Å². The number of halogens is 3. The Bertz CT molecular complexity index is 1090. The van der Waals surface area contributed by atoms with Gasteiger partial charge in [0.05, 0.1) is 24.3 Å². The first-order valence-corrected chi connectivity index (χ1v) is 14.6. The molecule has 37 heavy (non-hydrogen) atoms. The van der Waals surface area contributed by atoms with Crippen LogP contribution >= 0.6 is 35.1 Å². The number of ether oxygens (including phenoxy) is 2. The van der Waals surface area contributed by atoms with E-state index < -0.39 is 11.7 Å². The van der Waals surface area contributed by atoms with Gasteiger partial charge in [0.25, 0.3) is 5.91 Å². The Labute approximate surface area is 233 Å². The van der Waals surface area contributed by atoms with Gasteiger partial charge >= 0.3 is 0 Å². The van der Waals surface area contributed by atoms with Gasteiger partial charge in [-0.1, -0.05) is 42.1 Å². The lowest BCUT2D eigenvalue weighted by atomic mass is 9.86. The second-order valence-electron chi connectivity index (χ2n) is 10.1. The van der Waals surface area contributed by atoms with Crippen LogP contribution in [0.3, 0.4) is 0 Å². The number of amides is 1. The summed E-state index contributed by atoms with van der Waals surface area (Å²) in [6, 6.07) is 8.74. The number of likely N-dealkylation sites (tertiary alicyclic amines) is 1. The first kappa shape index (κ1) is 28.5. The van der Waals surface area contributed by atoms with Crippen molar-refractivity contribution in [1.29, 1.82) is 0 Å². The topological polar surface area (TPSA) is 50.8 Å². The van der Waals surface area contributed by atoms with Crippen LogP contribution in [0.2, 0.25) is 10.0 Å². The molecule has 1 N–H and O–H groups in total. The molecule has 5 nitrogen and oxygen atoms in total. The Morgan fingerprint density at radius 2 is 1.81 bits per heavy atom. The molecule has 1 amide bonds. The number of hydrogen-bond acceptors (Lipinski definition) is 5. The smallest absolute Gasteiger partial charge is 0.264 e. The first-order valence-electron chi connectivity index (χ1n) is 12.8. The zero-order chi connectivity index (χ0) is 26.6. The van der Waals surface area contributed by atoms with Crippen LogP contribution in [0.15, 0.2) is 30.3 Å². The highest BCUT2D eigenvalue weighted by atomic mass is 35.5. The minimum absolute atomic E-state index is 0.0852. The predicted molar refractivity (Wildman–Crippen MR) is 149 cm³/mol. The number of nitrogens with one attached hydrogen (secondary N) is 1. The number of hydrogen-bond donors (Lipinski definition) is 1. The standard InChI is InChI=1S/C28H35Cl2FN2O3S/c1-4-37-32-27(34)24-14-23(19-5-6-19)26(15-25(24)31)36-16-18-7-9-33(10-8-18)28(2,17-35-3)20-11-21(29)13-22(30)12-20/h11-15,18-19H,4-10,16-17H2,1-3H3,(H,32,34)/t28-/m1/s1. The molecule has 2 aromatic rings. The van der Waals surface area contributed by atoms with E-state index in [1.807, 2.05) is 19.1 Å². The van der Waals surface area contributed by atoms with Crippen LogP contribution < -0.4 is 9.46 Å². The third-order valence-electron chi connectivity index (χ3n) is 7.37. The lowest BCUT2D eigenvalue weighted by molar-refractivity contribution is -0.00666. The SMILES string of the molecule is CCSNC(=O)c1cc(C2CC2)c(OCC2CCN([C@](C)(COC)c3cc(Cl)cc(Cl)c3)CC2)cc1F. The number of piperidine rings is 1.